The van der Waals surface area contributed by atoms with E-state index in [9.17, 15) is 0 Å². The minimum atomic E-state index is 0.367. The van der Waals surface area contributed by atoms with Gasteiger partial charge in [-0.3, -0.25) is 0 Å². The third-order valence-corrected chi connectivity index (χ3v) is 3.44. The maximum absolute atomic E-state index is 5.91. The maximum atomic E-state index is 5.91. The van der Waals surface area contributed by atoms with Crippen LogP contribution in [0.5, 0.6) is 0 Å². The first kappa shape index (κ1) is 14.8. The number of hydrogen-bond donors (Lipinski definition) is 3. The van der Waals surface area contributed by atoms with Gasteiger partial charge in [0, 0.05) is 5.69 Å². The number of aliphatic imine (C=N–C) groups is 1. The summed E-state index contributed by atoms with van der Waals surface area (Å²) in [5, 5.41) is 3.06. The van der Waals surface area contributed by atoms with Crippen molar-refractivity contribution in [1.29, 1.82) is 0 Å². The van der Waals surface area contributed by atoms with Crippen molar-refractivity contribution in [3.05, 3.63) is 72.2 Å². The van der Waals surface area contributed by atoms with Crippen LogP contribution in [0.1, 0.15) is 11.4 Å². The molecule has 4 N–H and O–H groups in total. The zero-order valence-electron chi connectivity index (χ0n) is 13.0. The molecule has 3 rings (SSSR count). The van der Waals surface area contributed by atoms with Gasteiger partial charge >= 0.3 is 0 Å². The fourth-order valence-corrected chi connectivity index (χ4v) is 2.19. The standard InChI is InChI=1S/C18H19N5/c1-13-7-9-15(10-8-13)22-18(19)21-12-17-20-11-16(23-17)14-5-3-2-4-6-14/h2-11H,12H2,1H3,(H,20,23)(H3,19,21,22). The highest BCUT2D eigenvalue weighted by atomic mass is 15.1. The Kier molecular flexibility index (Phi) is 4.38. The first-order chi connectivity index (χ1) is 11.2. The number of aromatic nitrogens is 2. The third-order valence-electron chi connectivity index (χ3n) is 3.44. The molecular formula is C18H19N5. The molecule has 1 aromatic heterocycles. The van der Waals surface area contributed by atoms with Crippen LogP contribution in [-0.2, 0) is 6.54 Å². The van der Waals surface area contributed by atoms with E-state index in [4.69, 9.17) is 5.73 Å². The number of hydrogen-bond acceptors (Lipinski definition) is 2. The number of aryl methyl sites for hydroxylation is 1. The lowest BCUT2D eigenvalue weighted by Gasteiger charge is -2.05. The summed E-state index contributed by atoms with van der Waals surface area (Å²) in [7, 11) is 0. The van der Waals surface area contributed by atoms with Crippen LogP contribution in [0.25, 0.3) is 11.3 Å². The topological polar surface area (TPSA) is 79.1 Å². The van der Waals surface area contributed by atoms with E-state index in [1.54, 1.807) is 0 Å². The number of nitrogens with zero attached hydrogens (tertiary/aromatic N) is 2. The Balaban J connectivity index is 1.63. The van der Waals surface area contributed by atoms with Gasteiger partial charge in [-0.15, -0.1) is 0 Å². The molecule has 5 heteroatoms. The molecule has 0 atom stereocenters. The zero-order valence-corrected chi connectivity index (χ0v) is 13.0. The Morgan fingerprint density at radius 2 is 1.87 bits per heavy atom. The molecule has 0 aliphatic heterocycles. The van der Waals surface area contributed by atoms with E-state index in [0.29, 0.717) is 12.5 Å². The molecule has 2 aromatic carbocycles. The van der Waals surface area contributed by atoms with Crippen LogP contribution < -0.4 is 11.1 Å². The summed E-state index contributed by atoms with van der Waals surface area (Å²) in [6, 6.07) is 18.0. The Morgan fingerprint density at radius 1 is 1.13 bits per heavy atom. The van der Waals surface area contributed by atoms with E-state index >= 15 is 0 Å². The highest BCUT2D eigenvalue weighted by Crippen LogP contribution is 2.16. The van der Waals surface area contributed by atoms with Crippen molar-refractivity contribution < 1.29 is 0 Å². The Labute approximate surface area is 135 Å². The lowest BCUT2D eigenvalue weighted by molar-refractivity contribution is 0.947. The number of guanidine groups is 1. The molecule has 1 heterocycles. The molecule has 0 saturated carbocycles. The molecular weight excluding hydrogens is 286 g/mol. The number of nitrogens with one attached hydrogen (secondary N) is 2. The van der Waals surface area contributed by atoms with Crippen LogP contribution in [-0.4, -0.2) is 15.9 Å². The molecule has 3 aromatic rings. The van der Waals surface area contributed by atoms with E-state index in [2.05, 4.69) is 20.3 Å². The summed E-state index contributed by atoms with van der Waals surface area (Å²) < 4.78 is 0. The monoisotopic (exact) mass is 305 g/mol. The molecule has 0 aliphatic rings. The minimum Gasteiger partial charge on any atom is -0.370 e. The summed E-state index contributed by atoms with van der Waals surface area (Å²) in [6.07, 6.45) is 1.81. The smallest absolute Gasteiger partial charge is 0.193 e. The molecule has 116 valence electrons. The second-order valence-electron chi connectivity index (χ2n) is 5.30. The first-order valence-corrected chi connectivity index (χ1v) is 7.43. The van der Waals surface area contributed by atoms with Crippen LogP contribution in [0.2, 0.25) is 0 Å². The van der Waals surface area contributed by atoms with E-state index in [1.165, 1.54) is 5.56 Å². The van der Waals surface area contributed by atoms with Gasteiger partial charge in [-0.25, -0.2) is 9.98 Å². The van der Waals surface area contributed by atoms with Crippen molar-refractivity contribution in [1.82, 2.24) is 9.97 Å². The van der Waals surface area contributed by atoms with Crippen LogP contribution in [0, 0.1) is 6.92 Å². The van der Waals surface area contributed by atoms with Crippen molar-refractivity contribution in [2.45, 2.75) is 13.5 Å². The quantitative estimate of drug-likeness (QED) is 0.511. The van der Waals surface area contributed by atoms with Gasteiger partial charge in [-0.05, 0) is 24.6 Å². The number of H-pyrrole nitrogens is 1. The van der Waals surface area contributed by atoms with E-state index in [1.807, 2.05) is 67.7 Å². The average Bonchev–Trinajstić information content (AvgIpc) is 3.05. The van der Waals surface area contributed by atoms with Gasteiger partial charge in [0.1, 0.15) is 12.4 Å². The largest absolute Gasteiger partial charge is 0.370 e. The van der Waals surface area contributed by atoms with E-state index < -0.39 is 0 Å². The summed E-state index contributed by atoms with van der Waals surface area (Å²) in [6.45, 7) is 2.44. The molecule has 23 heavy (non-hydrogen) atoms. The Hall–Kier alpha value is -3.08. The van der Waals surface area contributed by atoms with Gasteiger partial charge in [0.2, 0.25) is 0 Å². The molecule has 0 radical (unpaired) electrons. The number of rotatable bonds is 4. The van der Waals surface area contributed by atoms with Crippen molar-refractivity contribution >= 4 is 11.6 Å². The predicted octanol–water partition coefficient (Wildman–Crippen LogP) is 3.31. The number of anilines is 1. The normalized spacial score (nSPS) is 11.4. The lowest BCUT2D eigenvalue weighted by atomic mass is 10.2. The summed E-state index contributed by atoms with van der Waals surface area (Å²) in [4.78, 5) is 11.9. The minimum absolute atomic E-state index is 0.367. The number of nitrogens with two attached hydrogens (primary N) is 1. The summed E-state index contributed by atoms with van der Waals surface area (Å²) in [5.41, 5.74) is 10.1. The second kappa shape index (κ2) is 6.79. The second-order valence-corrected chi connectivity index (χ2v) is 5.30. The van der Waals surface area contributed by atoms with Gasteiger partial charge < -0.3 is 16.0 Å². The van der Waals surface area contributed by atoms with Crippen LogP contribution >= 0.6 is 0 Å². The maximum Gasteiger partial charge on any atom is 0.193 e. The molecule has 0 bridgehead atoms. The molecule has 0 saturated heterocycles. The highest BCUT2D eigenvalue weighted by molar-refractivity contribution is 5.92. The molecule has 0 fully saturated rings. The fourth-order valence-electron chi connectivity index (χ4n) is 2.19. The number of benzene rings is 2. The highest BCUT2D eigenvalue weighted by Gasteiger charge is 2.02. The number of imidazole rings is 1. The first-order valence-electron chi connectivity index (χ1n) is 7.43. The SMILES string of the molecule is Cc1ccc(NC(N)=NCc2ncc(-c3ccccc3)[nH]2)cc1. The van der Waals surface area contributed by atoms with Crippen LogP contribution in [0.15, 0.2) is 65.8 Å². The predicted molar refractivity (Wildman–Crippen MR) is 94.2 cm³/mol. The van der Waals surface area contributed by atoms with Gasteiger partial charge in [0.25, 0.3) is 0 Å². The molecule has 5 nitrogen and oxygen atoms in total. The van der Waals surface area contributed by atoms with Gasteiger partial charge in [0.05, 0.1) is 11.9 Å². The third kappa shape index (κ3) is 3.97. The van der Waals surface area contributed by atoms with E-state index in [0.717, 1.165) is 22.8 Å². The van der Waals surface area contributed by atoms with Crippen molar-refractivity contribution in [2.24, 2.45) is 10.7 Å². The lowest BCUT2D eigenvalue weighted by Crippen LogP contribution is -2.22. The van der Waals surface area contributed by atoms with Crippen molar-refractivity contribution in [3.8, 4) is 11.3 Å². The molecule has 0 unspecified atom stereocenters. The Bertz CT molecular complexity index is 788. The van der Waals surface area contributed by atoms with Crippen molar-refractivity contribution in [3.63, 3.8) is 0 Å². The van der Waals surface area contributed by atoms with Crippen molar-refractivity contribution in [2.75, 3.05) is 5.32 Å². The summed E-state index contributed by atoms with van der Waals surface area (Å²) in [5.74, 6) is 1.14. The molecule has 0 spiro atoms. The zero-order chi connectivity index (χ0) is 16.1. The van der Waals surface area contributed by atoms with Gasteiger partial charge in [-0.1, -0.05) is 48.0 Å². The van der Waals surface area contributed by atoms with Crippen LogP contribution in [0.3, 0.4) is 0 Å². The average molecular weight is 305 g/mol. The summed E-state index contributed by atoms with van der Waals surface area (Å²) >= 11 is 0. The Morgan fingerprint density at radius 3 is 2.61 bits per heavy atom. The van der Waals surface area contributed by atoms with Crippen LogP contribution in [0.4, 0.5) is 5.69 Å². The van der Waals surface area contributed by atoms with Gasteiger partial charge in [-0.2, -0.15) is 0 Å². The molecule has 0 aliphatic carbocycles. The fraction of sp³-hybridized carbons (Fsp3) is 0.111. The van der Waals surface area contributed by atoms with Gasteiger partial charge in [0.15, 0.2) is 5.96 Å². The molecule has 0 amide bonds. The number of aromatic amines is 1. The van der Waals surface area contributed by atoms with E-state index in [-0.39, 0.29) is 0 Å².